The predicted molar refractivity (Wildman–Crippen MR) is 161 cm³/mol. The van der Waals surface area contributed by atoms with E-state index < -0.39 is 5.97 Å². The SMILES string of the molecule is O=C(O)c1cc(C2CCOC2)c2nc(N3C(=O)[C@@H]4C[C@H]3C[C@H]4OCc3c(-c4c(Cl)cccc4Cl)noc3C3CC3)sc2c1. The minimum atomic E-state index is -0.981. The number of ether oxygens (including phenoxy) is 2. The largest absolute Gasteiger partial charge is 0.478 e. The molecule has 4 fully saturated rings. The Labute approximate surface area is 260 Å². The standard InChI is InChI=1S/C31H27Cl2N3O6S/c32-21-2-1-3-22(33)25(21)27-20(28(42-35-27)14-4-5-14)13-41-23-11-17-10-19(23)29(37)36(17)31-34-26-18(15-6-7-40-12-15)8-16(30(38)39)9-24(26)43-31/h1-3,8-9,14-15,17,19,23H,4-7,10-13H2,(H,38,39)/t15?,17-,19+,23+/m0/s1. The van der Waals surface area contributed by atoms with Crippen LogP contribution >= 0.6 is 34.5 Å². The molecular weight excluding hydrogens is 613 g/mol. The van der Waals surface area contributed by atoms with E-state index in [0.29, 0.717) is 58.4 Å². The van der Waals surface area contributed by atoms with Crippen molar-refractivity contribution in [1.29, 1.82) is 0 Å². The van der Waals surface area contributed by atoms with Crippen molar-refractivity contribution in [3.63, 3.8) is 0 Å². The third-order valence-electron chi connectivity index (χ3n) is 9.14. The normalized spacial score (nSPS) is 25.0. The van der Waals surface area contributed by atoms with Crippen LogP contribution < -0.4 is 4.90 Å². The molecule has 2 saturated heterocycles. The maximum atomic E-state index is 13.7. The third-order valence-corrected chi connectivity index (χ3v) is 10.8. The quantitative estimate of drug-likeness (QED) is 0.218. The fraction of sp³-hybridized carbons (Fsp3) is 0.419. The highest BCUT2D eigenvalue weighted by Crippen LogP contribution is 2.49. The van der Waals surface area contributed by atoms with Crippen LogP contribution in [0.15, 0.2) is 34.9 Å². The second kappa shape index (κ2) is 10.6. The van der Waals surface area contributed by atoms with Gasteiger partial charge in [-0.25, -0.2) is 9.78 Å². The lowest BCUT2D eigenvalue weighted by Gasteiger charge is -2.29. The van der Waals surface area contributed by atoms with Crippen molar-refractivity contribution in [3.05, 3.63) is 62.8 Å². The predicted octanol–water partition coefficient (Wildman–Crippen LogP) is 7.05. The van der Waals surface area contributed by atoms with Gasteiger partial charge in [-0.3, -0.25) is 9.69 Å². The Morgan fingerprint density at radius 1 is 1.14 bits per heavy atom. The number of carbonyl (C=O) groups is 2. The summed E-state index contributed by atoms with van der Waals surface area (Å²) in [4.78, 5) is 32.3. The molecule has 8 rings (SSSR count). The van der Waals surface area contributed by atoms with Gasteiger partial charge in [0, 0.05) is 35.6 Å². The number of carbonyl (C=O) groups excluding carboxylic acids is 1. The highest BCUT2D eigenvalue weighted by Gasteiger charge is 2.53. The molecule has 4 aliphatic rings. The topological polar surface area (TPSA) is 115 Å². The number of thiazole rings is 1. The molecule has 12 heteroatoms. The first-order valence-electron chi connectivity index (χ1n) is 14.5. The van der Waals surface area contributed by atoms with Crippen LogP contribution in [0.3, 0.4) is 0 Å². The molecule has 1 N–H and O–H groups in total. The summed E-state index contributed by atoms with van der Waals surface area (Å²) in [5.41, 5.74) is 3.92. The van der Waals surface area contributed by atoms with Gasteiger partial charge in [0.25, 0.3) is 0 Å². The van der Waals surface area contributed by atoms with E-state index in [4.69, 9.17) is 42.2 Å². The number of amides is 1. The van der Waals surface area contributed by atoms with Gasteiger partial charge >= 0.3 is 5.97 Å². The molecule has 4 aromatic rings. The molecule has 222 valence electrons. The number of benzene rings is 2. The molecule has 0 spiro atoms. The number of carboxylic acids is 1. The van der Waals surface area contributed by atoms with E-state index in [9.17, 15) is 14.7 Å². The van der Waals surface area contributed by atoms with Crippen LogP contribution in [-0.4, -0.2) is 52.5 Å². The summed E-state index contributed by atoms with van der Waals surface area (Å²) < 4.78 is 18.6. The first kappa shape index (κ1) is 27.5. The Hall–Kier alpha value is -3.02. The number of fused-ring (bicyclic) bond motifs is 3. The molecule has 2 saturated carbocycles. The zero-order valence-electron chi connectivity index (χ0n) is 22.9. The number of rotatable bonds is 8. The average Bonchev–Trinajstić information content (AvgIpc) is 3.45. The van der Waals surface area contributed by atoms with E-state index in [-0.39, 0.29) is 42.1 Å². The summed E-state index contributed by atoms with van der Waals surface area (Å²) in [5.74, 6) is -0.0763. The lowest BCUT2D eigenvalue weighted by molar-refractivity contribution is -0.126. The summed E-state index contributed by atoms with van der Waals surface area (Å²) in [7, 11) is 0. The minimum Gasteiger partial charge on any atom is -0.478 e. The molecule has 2 aliphatic heterocycles. The molecule has 0 radical (unpaired) electrons. The van der Waals surface area contributed by atoms with Gasteiger partial charge in [0.05, 0.1) is 51.1 Å². The Kier molecular flexibility index (Phi) is 6.76. The van der Waals surface area contributed by atoms with Crippen LogP contribution in [0.2, 0.25) is 10.0 Å². The van der Waals surface area contributed by atoms with Gasteiger partial charge in [-0.05, 0) is 61.9 Å². The van der Waals surface area contributed by atoms with Crippen LogP contribution in [0.25, 0.3) is 21.5 Å². The summed E-state index contributed by atoms with van der Waals surface area (Å²) in [6.45, 7) is 1.43. The number of nitrogens with zero attached hydrogens (tertiary/aromatic N) is 3. The van der Waals surface area contributed by atoms with Crippen LogP contribution in [-0.2, 0) is 20.9 Å². The Bertz CT molecular complexity index is 1760. The van der Waals surface area contributed by atoms with Gasteiger partial charge in [-0.2, -0.15) is 0 Å². The highest BCUT2D eigenvalue weighted by atomic mass is 35.5. The zero-order chi connectivity index (χ0) is 29.4. The third kappa shape index (κ3) is 4.66. The number of hydrogen-bond acceptors (Lipinski definition) is 8. The summed E-state index contributed by atoms with van der Waals surface area (Å²) in [5, 5.41) is 15.7. The van der Waals surface area contributed by atoms with Gasteiger partial charge in [0.15, 0.2) is 5.13 Å². The van der Waals surface area contributed by atoms with Gasteiger partial charge in [-0.15, -0.1) is 0 Å². The molecule has 1 unspecified atom stereocenters. The van der Waals surface area contributed by atoms with Crippen LogP contribution in [0.1, 0.15) is 71.2 Å². The van der Waals surface area contributed by atoms with Crippen molar-refractivity contribution in [1.82, 2.24) is 10.1 Å². The number of anilines is 1. The number of aromatic carboxylic acids is 1. The van der Waals surface area contributed by atoms with Crippen molar-refractivity contribution in [3.8, 4) is 11.3 Å². The van der Waals surface area contributed by atoms with Crippen molar-refractivity contribution in [2.75, 3.05) is 18.1 Å². The van der Waals surface area contributed by atoms with Crippen LogP contribution in [0, 0.1) is 5.92 Å². The number of aromatic nitrogens is 2. The number of halogens is 2. The molecule has 9 nitrogen and oxygen atoms in total. The Morgan fingerprint density at radius 3 is 2.65 bits per heavy atom. The molecule has 4 atom stereocenters. The van der Waals surface area contributed by atoms with Gasteiger partial charge < -0.3 is 19.1 Å². The lowest BCUT2D eigenvalue weighted by atomic mass is 9.95. The number of carboxylic acid groups (broad SMARTS) is 1. The lowest BCUT2D eigenvalue weighted by Crippen LogP contribution is -2.43. The molecule has 2 bridgehead atoms. The van der Waals surface area contributed by atoms with E-state index in [1.54, 1.807) is 35.2 Å². The highest BCUT2D eigenvalue weighted by molar-refractivity contribution is 7.22. The Balaban J connectivity index is 1.04. The molecule has 2 aromatic heterocycles. The number of hydrogen-bond donors (Lipinski definition) is 1. The minimum absolute atomic E-state index is 0.00776. The Morgan fingerprint density at radius 2 is 1.95 bits per heavy atom. The van der Waals surface area contributed by atoms with Crippen LogP contribution in [0.5, 0.6) is 0 Å². The molecule has 4 heterocycles. The molecule has 1 amide bonds. The summed E-state index contributed by atoms with van der Waals surface area (Å²) in [6, 6.07) is 8.67. The number of piperidine rings is 1. The second-order valence-electron chi connectivity index (χ2n) is 11.8. The van der Waals surface area contributed by atoms with Gasteiger partial charge in [-0.1, -0.05) is 45.8 Å². The van der Waals surface area contributed by atoms with Crippen molar-refractivity contribution in [2.24, 2.45) is 5.92 Å². The fourth-order valence-electron chi connectivity index (χ4n) is 6.84. The first-order chi connectivity index (χ1) is 20.9. The van der Waals surface area contributed by atoms with Crippen molar-refractivity contribution >= 4 is 61.8 Å². The average molecular weight is 641 g/mol. The van der Waals surface area contributed by atoms with E-state index in [1.165, 1.54) is 11.3 Å². The van der Waals surface area contributed by atoms with Gasteiger partial charge in [0.1, 0.15) is 11.5 Å². The summed E-state index contributed by atoms with van der Waals surface area (Å²) >= 11 is 14.4. The van der Waals surface area contributed by atoms with Crippen molar-refractivity contribution < 1.29 is 28.7 Å². The molecular formula is C31H27Cl2N3O6S. The molecule has 2 aliphatic carbocycles. The monoisotopic (exact) mass is 639 g/mol. The van der Waals surface area contributed by atoms with Crippen molar-refractivity contribution in [2.45, 2.75) is 62.7 Å². The van der Waals surface area contributed by atoms with Crippen LogP contribution in [0.4, 0.5) is 5.13 Å². The van der Waals surface area contributed by atoms with E-state index in [0.717, 1.165) is 46.4 Å². The fourth-order valence-corrected chi connectivity index (χ4v) is 8.53. The summed E-state index contributed by atoms with van der Waals surface area (Å²) in [6.07, 6.45) is 4.00. The molecule has 2 aromatic carbocycles. The molecule has 43 heavy (non-hydrogen) atoms. The van der Waals surface area contributed by atoms with Gasteiger partial charge in [0.2, 0.25) is 5.91 Å². The zero-order valence-corrected chi connectivity index (χ0v) is 25.3. The smallest absolute Gasteiger partial charge is 0.335 e. The van der Waals surface area contributed by atoms with E-state index in [2.05, 4.69) is 5.16 Å². The maximum absolute atomic E-state index is 13.7. The van der Waals surface area contributed by atoms with E-state index in [1.807, 2.05) is 0 Å². The first-order valence-corrected chi connectivity index (χ1v) is 16.1. The second-order valence-corrected chi connectivity index (χ2v) is 13.6. The maximum Gasteiger partial charge on any atom is 0.335 e. The van der Waals surface area contributed by atoms with E-state index >= 15 is 0 Å².